The molecule has 2 aliphatic heterocycles. The summed E-state index contributed by atoms with van der Waals surface area (Å²) in [4.78, 5) is 30.0. The van der Waals surface area contributed by atoms with E-state index in [2.05, 4.69) is 39.3 Å². The predicted octanol–water partition coefficient (Wildman–Crippen LogP) is 3.66. The Labute approximate surface area is 234 Å². The molecule has 2 aromatic rings. The number of ether oxygens (including phenoxy) is 1. The summed E-state index contributed by atoms with van der Waals surface area (Å²) in [6.07, 6.45) is 2.29. The van der Waals surface area contributed by atoms with Crippen LogP contribution in [0.3, 0.4) is 0 Å². The van der Waals surface area contributed by atoms with Crippen LogP contribution in [0.4, 0.5) is 21.5 Å². The van der Waals surface area contributed by atoms with E-state index < -0.39 is 11.7 Å². The third-order valence-electron chi connectivity index (χ3n) is 7.20. The van der Waals surface area contributed by atoms with Crippen molar-refractivity contribution in [2.45, 2.75) is 26.2 Å². The van der Waals surface area contributed by atoms with Gasteiger partial charge in [-0.3, -0.25) is 9.59 Å². The number of hydrogen-bond acceptors (Lipinski definition) is 6. The molecular formula is C29H35ClFN5O3. The first-order valence-corrected chi connectivity index (χ1v) is 13.6. The molecule has 8 nitrogen and oxygen atoms in total. The highest BCUT2D eigenvalue weighted by Crippen LogP contribution is 2.32. The van der Waals surface area contributed by atoms with E-state index >= 15 is 0 Å². The predicted molar refractivity (Wildman–Crippen MR) is 153 cm³/mol. The molecule has 39 heavy (non-hydrogen) atoms. The van der Waals surface area contributed by atoms with E-state index in [4.69, 9.17) is 22.1 Å². The number of benzene rings is 2. The number of hydrogen-bond donors (Lipinski definition) is 3. The van der Waals surface area contributed by atoms with E-state index in [1.807, 2.05) is 12.1 Å². The molecule has 10 heteroatoms. The van der Waals surface area contributed by atoms with E-state index in [0.29, 0.717) is 36.8 Å². The molecule has 2 aliphatic rings. The maximum Gasteiger partial charge on any atom is 0.257 e. The number of nitrogens with one attached hydrogen (secondary N) is 2. The van der Waals surface area contributed by atoms with Crippen LogP contribution < -0.4 is 21.3 Å². The molecule has 0 bridgehead atoms. The molecule has 0 radical (unpaired) electrons. The van der Waals surface area contributed by atoms with Crippen molar-refractivity contribution in [1.29, 1.82) is 0 Å². The van der Waals surface area contributed by atoms with Gasteiger partial charge in [-0.2, -0.15) is 0 Å². The van der Waals surface area contributed by atoms with Gasteiger partial charge < -0.3 is 30.9 Å². The largest absolute Gasteiger partial charge is 0.396 e. The van der Waals surface area contributed by atoms with Gasteiger partial charge in [-0.15, -0.1) is 0 Å². The van der Waals surface area contributed by atoms with Gasteiger partial charge in [-0.1, -0.05) is 23.4 Å². The zero-order valence-electron chi connectivity index (χ0n) is 22.4. The topological polar surface area (TPSA) is 99.9 Å². The number of rotatable bonds is 6. The van der Waals surface area contributed by atoms with Crippen molar-refractivity contribution in [3.8, 4) is 11.8 Å². The second-order valence-corrected chi connectivity index (χ2v) is 10.5. The smallest absolute Gasteiger partial charge is 0.257 e. The summed E-state index contributed by atoms with van der Waals surface area (Å²) >= 11 is 6.30. The van der Waals surface area contributed by atoms with E-state index in [1.165, 1.54) is 13.0 Å². The molecule has 0 aliphatic carbocycles. The summed E-state index contributed by atoms with van der Waals surface area (Å²) in [5.41, 5.74) is 7.96. The second kappa shape index (κ2) is 13.2. The summed E-state index contributed by atoms with van der Waals surface area (Å²) in [5.74, 6) is 5.29. The molecule has 2 fully saturated rings. The van der Waals surface area contributed by atoms with Crippen molar-refractivity contribution in [3.63, 3.8) is 0 Å². The maximum atomic E-state index is 14.2. The molecule has 2 amide bonds. The van der Waals surface area contributed by atoms with E-state index in [-0.39, 0.29) is 34.3 Å². The summed E-state index contributed by atoms with van der Waals surface area (Å²) < 4.78 is 19.5. The van der Waals surface area contributed by atoms with Crippen molar-refractivity contribution in [2.75, 3.05) is 68.9 Å². The number of likely N-dealkylation sites (N-methyl/N-ethyl adjacent to an activating group) is 1. The number of nitrogens with two attached hydrogens (primary N) is 1. The minimum atomic E-state index is -0.633. The molecular weight excluding hydrogens is 521 g/mol. The molecule has 2 aromatic carbocycles. The Hall–Kier alpha value is -3.32. The first-order valence-electron chi connectivity index (χ1n) is 13.2. The Balaban J connectivity index is 1.50. The Morgan fingerprint density at radius 1 is 1.18 bits per heavy atom. The monoisotopic (exact) mass is 555 g/mol. The summed E-state index contributed by atoms with van der Waals surface area (Å²) in [5, 5.41) is 5.83. The fourth-order valence-electron chi connectivity index (χ4n) is 4.76. The quantitative estimate of drug-likeness (QED) is 0.372. The van der Waals surface area contributed by atoms with Gasteiger partial charge in [0.1, 0.15) is 0 Å². The van der Waals surface area contributed by atoms with Crippen molar-refractivity contribution in [1.82, 2.24) is 10.2 Å². The second-order valence-electron chi connectivity index (χ2n) is 10.1. The lowest BCUT2D eigenvalue weighted by Gasteiger charge is -2.35. The molecule has 0 aromatic heterocycles. The Morgan fingerprint density at radius 3 is 2.62 bits per heavy atom. The van der Waals surface area contributed by atoms with Crippen molar-refractivity contribution < 1.29 is 18.7 Å². The van der Waals surface area contributed by atoms with Gasteiger partial charge >= 0.3 is 0 Å². The molecule has 2 saturated heterocycles. The number of anilines is 3. The first-order chi connectivity index (χ1) is 18.7. The van der Waals surface area contributed by atoms with Crippen LogP contribution in [0.25, 0.3) is 0 Å². The van der Waals surface area contributed by atoms with Crippen LogP contribution in [0.5, 0.6) is 0 Å². The van der Waals surface area contributed by atoms with E-state index in [9.17, 15) is 14.0 Å². The van der Waals surface area contributed by atoms with Crippen LogP contribution in [-0.4, -0.2) is 69.7 Å². The van der Waals surface area contributed by atoms with Crippen molar-refractivity contribution in [2.24, 2.45) is 5.92 Å². The Kier molecular flexibility index (Phi) is 9.68. The van der Waals surface area contributed by atoms with Gasteiger partial charge in [-0.05, 0) is 57.0 Å². The van der Waals surface area contributed by atoms with Crippen molar-refractivity contribution in [3.05, 3.63) is 51.8 Å². The zero-order valence-corrected chi connectivity index (χ0v) is 23.2. The fourth-order valence-corrected chi connectivity index (χ4v) is 4.99. The van der Waals surface area contributed by atoms with Crippen LogP contribution in [0.15, 0.2) is 24.3 Å². The summed E-state index contributed by atoms with van der Waals surface area (Å²) in [6.45, 7) is 6.51. The molecule has 208 valence electrons. The number of piperazine rings is 1. The summed E-state index contributed by atoms with van der Waals surface area (Å²) in [6, 6.07) is 6.88. The highest BCUT2D eigenvalue weighted by atomic mass is 35.5. The first kappa shape index (κ1) is 28.7. The highest BCUT2D eigenvalue weighted by molar-refractivity contribution is 6.35. The number of halogens is 2. The lowest BCUT2D eigenvalue weighted by molar-refractivity contribution is -0.122. The molecule has 0 spiro atoms. The van der Waals surface area contributed by atoms with E-state index in [0.717, 1.165) is 44.7 Å². The van der Waals surface area contributed by atoms with Gasteiger partial charge in [0, 0.05) is 56.9 Å². The molecule has 4 N–H and O–H groups in total. The van der Waals surface area contributed by atoms with Crippen LogP contribution in [0.2, 0.25) is 5.02 Å². The fraction of sp³-hybridized carbons (Fsp3) is 0.448. The normalized spacial score (nSPS) is 16.4. The highest BCUT2D eigenvalue weighted by Gasteiger charge is 2.22. The molecule has 2 heterocycles. The van der Waals surface area contributed by atoms with Gasteiger partial charge in [0.2, 0.25) is 5.91 Å². The average molecular weight is 556 g/mol. The van der Waals surface area contributed by atoms with Gasteiger partial charge in [0.25, 0.3) is 5.91 Å². The standard InChI is InChI=1S/C29H35ClFN5O3/c1-19-27(30)22(18-23(32)28(19)31)29(38)34-24-16-20(5-6-25(24)36-12-10-35(2)11-13-36)4-3-9-33-26(37)17-21-7-14-39-15-8-21/h5-6,16,18,21H,7-15,17,32H2,1-2H3,(H,33,37)(H,34,38). The van der Waals surface area contributed by atoms with Crippen LogP contribution in [0.1, 0.15) is 40.7 Å². The third kappa shape index (κ3) is 7.41. The molecule has 0 saturated carbocycles. The van der Waals surface area contributed by atoms with Gasteiger partial charge in [-0.25, -0.2) is 4.39 Å². The third-order valence-corrected chi connectivity index (χ3v) is 7.69. The minimum absolute atomic E-state index is 0.0136. The maximum absolute atomic E-state index is 14.2. The molecule has 4 rings (SSSR count). The molecule has 0 unspecified atom stereocenters. The van der Waals surface area contributed by atoms with Crippen LogP contribution in [0, 0.1) is 30.5 Å². The Bertz CT molecular complexity index is 1280. The number of amides is 2. The average Bonchev–Trinajstić information content (AvgIpc) is 2.93. The number of carbonyl (C=O) groups is 2. The van der Waals surface area contributed by atoms with E-state index in [1.54, 1.807) is 6.07 Å². The zero-order chi connectivity index (χ0) is 27.9. The minimum Gasteiger partial charge on any atom is -0.396 e. The lowest BCUT2D eigenvalue weighted by atomic mass is 9.96. The van der Waals surface area contributed by atoms with Gasteiger partial charge in [0.15, 0.2) is 5.82 Å². The SMILES string of the molecule is Cc1c(F)c(N)cc(C(=O)Nc2cc(C#CCNC(=O)CC3CCOCC3)ccc2N2CCN(C)CC2)c1Cl. The molecule has 0 atom stereocenters. The lowest BCUT2D eigenvalue weighted by Crippen LogP contribution is -2.44. The summed E-state index contributed by atoms with van der Waals surface area (Å²) in [7, 11) is 2.07. The van der Waals surface area contributed by atoms with Crippen molar-refractivity contribution >= 4 is 40.5 Å². The van der Waals surface area contributed by atoms with Crippen LogP contribution in [-0.2, 0) is 9.53 Å². The number of nitrogen functional groups attached to an aromatic ring is 1. The van der Waals surface area contributed by atoms with Gasteiger partial charge in [0.05, 0.1) is 34.2 Å². The van der Waals surface area contributed by atoms with Crippen LogP contribution >= 0.6 is 11.6 Å². The Morgan fingerprint density at radius 2 is 1.90 bits per heavy atom. The number of carbonyl (C=O) groups excluding carboxylic acids is 2. The number of nitrogens with zero attached hydrogens (tertiary/aromatic N) is 2.